The van der Waals surface area contributed by atoms with Gasteiger partial charge in [0.1, 0.15) is 0 Å². The summed E-state index contributed by atoms with van der Waals surface area (Å²) in [6, 6.07) is 2.03. The number of rotatable bonds is 5. The first-order chi connectivity index (χ1) is 6.72. The first kappa shape index (κ1) is 10.9. The van der Waals surface area contributed by atoms with Crippen molar-refractivity contribution in [2.75, 3.05) is 7.11 Å². The van der Waals surface area contributed by atoms with E-state index in [0.717, 1.165) is 5.56 Å². The standard InChI is InChI=1S/C10H13NO2S/c1-13-6-9-5-8(7-14-9)3-2-4-10(11)12/h2-3,5,7H,4,6H2,1H3,(H2,11,12). The Bertz CT molecular complexity index is 331. The predicted molar refractivity (Wildman–Crippen MR) is 57.9 cm³/mol. The molecule has 76 valence electrons. The molecule has 1 rings (SSSR count). The Morgan fingerprint density at radius 2 is 2.50 bits per heavy atom. The smallest absolute Gasteiger partial charge is 0.221 e. The molecule has 0 atom stereocenters. The average Bonchev–Trinajstić information content (AvgIpc) is 2.53. The molecule has 1 aromatic heterocycles. The number of ether oxygens (including phenoxy) is 1. The second kappa shape index (κ2) is 5.57. The highest BCUT2D eigenvalue weighted by Gasteiger charge is 1.96. The second-order valence-corrected chi connectivity index (χ2v) is 3.85. The fourth-order valence-electron chi connectivity index (χ4n) is 1.01. The molecule has 0 fully saturated rings. The molecular weight excluding hydrogens is 198 g/mol. The van der Waals surface area contributed by atoms with E-state index < -0.39 is 0 Å². The van der Waals surface area contributed by atoms with Crippen LogP contribution in [0, 0.1) is 0 Å². The summed E-state index contributed by atoms with van der Waals surface area (Å²) in [6.07, 6.45) is 3.94. The third-order valence-corrected chi connectivity index (χ3v) is 2.52. The maximum absolute atomic E-state index is 10.5. The lowest BCUT2D eigenvalue weighted by atomic mass is 10.2. The normalized spacial score (nSPS) is 10.9. The van der Waals surface area contributed by atoms with E-state index >= 15 is 0 Å². The Hall–Kier alpha value is -1.13. The Morgan fingerprint density at radius 1 is 1.71 bits per heavy atom. The van der Waals surface area contributed by atoms with E-state index in [0.29, 0.717) is 6.61 Å². The van der Waals surface area contributed by atoms with Crippen LogP contribution in [0.15, 0.2) is 17.5 Å². The molecule has 1 aromatic rings. The van der Waals surface area contributed by atoms with Crippen LogP contribution in [0.4, 0.5) is 0 Å². The predicted octanol–water partition coefficient (Wildman–Crippen LogP) is 1.78. The van der Waals surface area contributed by atoms with Crippen molar-refractivity contribution in [2.45, 2.75) is 13.0 Å². The van der Waals surface area contributed by atoms with E-state index in [1.54, 1.807) is 24.5 Å². The molecule has 0 aliphatic heterocycles. The Balaban J connectivity index is 2.50. The molecule has 1 heterocycles. The van der Waals surface area contributed by atoms with Gasteiger partial charge in [-0.15, -0.1) is 11.3 Å². The van der Waals surface area contributed by atoms with Crippen LogP contribution in [-0.4, -0.2) is 13.0 Å². The minimum Gasteiger partial charge on any atom is -0.379 e. The van der Waals surface area contributed by atoms with Crippen molar-refractivity contribution in [1.29, 1.82) is 0 Å². The number of hydrogen-bond donors (Lipinski definition) is 1. The van der Waals surface area contributed by atoms with Crippen molar-refractivity contribution in [3.8, 4) is 0 Å². The van der Waals surface area contributed by atoms with Crippen LogP contribution >= 0.6 is 11.3 Å². The SMILES string of the molecule is COCc1cc(C=CCC(N)=O)cs1. The minimum atomic E-state index is -0.311. The first-order valence-corrected chi connectivity index (χ1v) is 5.11. The van der Waals surface area contributed by atoms with Gasteiger partial charge in [-0.05, 0) is 17.0 Å². The van der Waals surface area contributed by atoms with Gasteiger partial charge in [0, 0.05) is 18.4 Å². The van der Waals surface area contributed by atoms with Gasteiger partial charge in [0.05, 0.1) is 6.61 Å². The summed E-state index contributed by atoms with van der Waals surface area (Å²) in [4.78, 5) is 11.6. The molecule has 0 saturated heterocycles. The monoisotopic (exact) mass is 211 g/mol. The van der Waals surface area contributed by atoms with E-state index in [1.807, 2.05) is 17.5 Å². The number of thiophene rings is 1. The zero-order chi connectivity index (χ0) is 10.4. The molecule has 0 spiro atoms. The molecule has 0 radical (unpaired) electrons. The number of primary amides is 1. The quantitative estimate of drug-likeness (QED) is 0.807. The average molecular weight is 211 g/mol. The fraction of sp³-hybridized carbons (Fsp3) is 0.300. The van der Waals surface area contributed by atoms with Crippen LogP contribution < -0.4 is 5.73 Å². The van der Waals surface area contributed by atoms with Crippen molar-refractivity contribution < 1.29 is 9.53 Å². The Kier molecular flexibility index (Phi) is 4.35. The maximum atomic E-state index is 10.5. The van der Waals surface area contributed by atoms with Crippen molar-refractivity contribution in [2.24, 2.45) is 5.73 Å². The number of hydrogen-bond acceptors (Lipinski definition) is 3. The molecule has 0 aromatic carbocycles. The summed E-state index contributed by atoms with van der Waals surface area (Å²) in [6.45, 7) is 0.633. The van der Waals surface area contributed by atoms with Gasteiger partial charge in [-0.1, -0.05) is 12.2 Å². The van der Waals surface area contributed by atoms with Crippen LogP contribution in [0.5, 0.6) is 0 Å². The fourth-order valence-corrected chi connectivity index (χ4v) is 1.84. The summed E-state index contributed by atoms with van der Waals surface area (Å²) < 4.78 is 5.00. The lowest BCUT2D eigenvalue weighted by Gasteiger charge is -1.90. The molecular formula is C10H13NO2S. The lowest BCUT2D eigenvalue weighted by Crippen LogP contribution is -2.07. The van der Waals surface area contributed by atoms with E-state index in [-0.39, 0.29) is 12.3 Å². The Morgan fingerprint density at radius 3 is 3.14 bits per heavy atom. The number of amides is 1. The van der Waals surface area contributed by atoms with Crippen molar-refractivity contribution >= 4 is 23.3 Å². The zero-order valence-corrected chi connectivity index (χ0v) is 8.84. The van der Waals surface area contributed by atoms with Crippen LogP contribution in [0.3, 0.4) is 0 Å². The van der Waals surface area contributed by atoms with Crippen LogP contribution in [0.2, 0.25) is 0 Å². The number of methoxy groups -OCH3 is 1. The molecule has 0 bridgehead atoms. The molecule has 14 heavy (non-hydrogen) atoms. The Labute approximate surface area is 87.2 Å². The molecule has 1 amide bonds. The van der Waals surface area contributed by atoms with Crippen LogP contribution in [0.1, 0.15) is 16.9 Å². The van der Waals surface area contributed by atoms with Gasteiger partial charge in [-0.3, -0.25) is 4.79 Å². The number of carbonyl (C=O) groups is 1. The van der Waals surface area contributed by atoms with Crippen LogP contribution in [0.25, 0.3) is 6.08 Å². The number of carbonyl (C=O) groups excluding carboxylic acids is 1. The maximum Gasteiger partial charge on any atom is 0.221 e. The molecule has 0 unspecified atom stereocenters. The topological polar surface area (TPSA) is 52.3 Å². The molecule has 4 heteroatoms. The van der Waals surface area contributed by atoms with Gasteiger partial charge in [0.15, 0.2) is 0 Å². The summed E-state index contributed by atoms with van der Waals surface area (Å²) in [5, 5.41) is 2.02. The van der Waals surface area contributed by atoms with E-state index in [9.17, 15) is 4.79 Å². The van der Waals surface area contributed by atoms with Gasteiger partial charge in [0.25, 0.3) is 0 Å². The summed E-state index contributed by atoms with van der Waals surface area (Å²) in [5.41, 5.74) is 6.09. The lowest BCUT2D eigenvalue weighted by molar-refractivity contribution is -0.117. The highest BCUT2D eigenvalue weighted by molar-refractivity contribution is 7.10. The van der Waals surface area contributed by atoms with Crippen molar-refractivity contribution in [3.05, 3.63) is 28.0 Å². The third kappa shape index (κ3) is 3.72. The van der Waals surface area contributed by atoms with Crippen LogP contribution in [-0.2, 0) is 16.1 Å². The van der Waals surface area contributed by atoms with Gasteiger partial charge >= 0.3 is 0 Å². The van der Waals surface area contributed by atoms with Gasteiger partial charge < -0.3 is 10.5 Å². The molecule has 2 N–H and O–H groups in total. The van der Waals surface area contributed by atoms with Gasteiger partial charge in [-0.25, -0.2) is 0 Å². The summed E-state index contributed by atoms with van der Waals surface area (Å²) in [7, 11) is 1.67. The van der Waals surface area contributed by atoms with E-state index in [2.05, 4.69) is 0 Å². The highest BCUT2D eigenvalue weighted by Crippen LogP contribution is 2.16. The van der Waals surface area contributed by atoms with Gasteiger partial charge in [0.2, 0.25) is 5.91 Å². The largest absolute Gasteiger partial charge is 0.379 e. The highest BCUT2D eigenvalue weighted by atomic mass is 32.1. The van der Waals surface area contributed by atoms with E-state index in [1.165, 1.54) is 4.88 Å². The first-order valence-electron chi connectivity index (χ1n) is 4.23. The number of nitrogens with two attached hydrogens (primary N) is 1. The second-order valence-electron chi connectivity index (χ2n) is 2.85. The van der Waals surface area contributed by atoms with E-state index in [4.69, 9.17) is 10.5 Å². The van der Waals surface area contributed by atoms with Crippen molar-refractivity contribution in [1.82, 2.24) is 0 Å². The molecule has 3 nitrogen and oxygen atoms in total. The van der Waals surface area contributed by atoms with Gasteiger partial charge in [-0.2, -0.15) is 0 Å². The molecule has 0 aliphatic rings. The molecule has 0 saturated carbocycles. The summed E-state index contributed by atoms with van der Waals surface area (Å²) in [5.74, 6) is -0.311. The van der Waals surface area contributed by atoms with Crippen molar-refractivity contribution in [3.63, 3.8) is 0 Å². The summed E-state index contributed by atoms with van der Waals surface area (Å²) >= 11 is 1.64. The molecule has 0 aliphatic carbocycles. The third-order valence-electron chi connectivity index (χ3n) is 1.59. The minimum absolute atomic E-state index is 0.287. The zero-order valence-electron chi connectivity index (χ0n) is 8.03.